The SMILES string of the molecule is NC1CCC2C(CCC3C4CCC5CCCCC5C4=CCC23)C1. The van der Waals surface area contributed by atoms with Crippen molar-refractivity contribution in [2.24, 2.45) is 47.2 Å². The minimum atomic E-state index is 0.514. The van der Waals surface area contributed by atoms with Crippen molar-refractivity contribution in [1.29, 1.82) is 0 Å². The van der Waals surface area contributed by atoms with Gasteiger partial charge >= 0.3 is 0 Å². The summed E-state index contributed by atoms with van der Waals surface area (Å²) in [7, 11) is 0. The van der Waals surface area contributed by atoms with Crippen LogP contribution in [0.2, 0.25) is 0 Å². The Morgan fingerprint density at radius 1 is 0.696 bits per heavy atom. The van der Waals surface area contributed by atoms with E-state index < -0.39 is 0 Å². The fraction of sp³-hybridized carbons (Fsp3) is 0.909. The fourth-order valence-corrected chi connectivity index (χ4v) is 7.87. The highest BCUT2D eigenvalue weighted by Crippen LogP contribution is 2.58. The highest BCUT2D eigenvalue weighted by atomic mass is 14.7. The summed E-state index contributed by atoms with van der Waals surface area (Å²) >= 11 is 0. The molecule has 2 N–H and O–H groups in total. The molecular weight excluding hydrogens is 278 g/mol. The molecule has 23 heavy (non-hydrogen) atoms. The van der Waals surface area contributed by atoms with Crippen LogP contribution in [0.4, 0.5) is 0 Å². The zero-order chi connectivity index (χ0) is 15.4. The minimum absolute atomic E-state index is 0.514. The van der Waals surface area contributed by atoms with Gasteiger partial charge in [-0.2, -0.15) is 0 Å². The lowest BCUT2D eigenvalue weighted by atomic mass is 9.51. The first-order valence-electron chi connectivity index (χ1n) is 10.8. The molecule has 0 bridgehead atoms. The second-order valence-electron chi connectivity index (χ2n) is 9.68. The second-order valence-corrected chi connectivity index (χ2v) is 9.68. The lowest BCUT2D eigenvalue weighted by molar-refractivity contribution is 0.00649. The van der Waals surface area contributed by atoms with Gasteiger partial charge in [0.15, 0.2) is 0 Å². The van der Waals surface area contributed by atoms with E-state index in [1.807, 2.05) is 5.57 Å². The Kier molecular flexibility index (Phi) is 3.85. The first-order chi connectivity index (χ1) is 11.3. The molecule has 0 aliphatic heterocycles. The molecule has 0 heterocycles. The van der Waals surface area contributed by atoms with Crippen LogP contribution < -0.4 is 5.73 Å². The van der Waals surface area contributed by atoms with Crippen molar-refractivity contribution < 1.29 is 0 Å². The molecule has 0 amide bonds. The summed E-state index contributed by atoms with van der Waals surface area (Å²) in [6.45, 7) is 0. The molecule has 0 aromatic heterocycles. The molecule has 0 radical (unpaired) electrons. The van der Waals surface area contributed by atoms with Gasteiger partial charge in [-0.3, -0.25) is 0 Å². The smallest absolute Gasteiger partial charge is 0.00416 e. The van der Waals surface area contributed by atoms with E-state index in [9.17, 15) is 0 Å². The second kappa shape index (κ2) is 5.90. The number of fused-ring (bicyclic) bond motifs is 7. The van der Waals surface area contributed by atoms with Crippen molar-refractivity contribution in [2.75, 3.05) is 0 Å². The Balaban J connectivity index is 1.39. The van der Waals surface area contributed by atoms with Gasteiger partial charge in [0.2, 0.25) is 0 Å². The number of hydrogen-bond donors (Lipinski definition) is 1. The van der Waals surface area contributed by atoms with E-state index in [2.05, 4.69) is 6.08 Å². The summed E-state index contributed by atoms with van der Waals surface area (Å²) in [4.78, 5) is 0. The molecule has 0 spiro atoms. The van der Waals surface area contributed by atoms with Gasteiger partial charge in [-0.25, -0.2) is 0 Å². The zero-order valence-corrected chi connectivity index (χ0v) is 14.8. The maximum absolute atomic E-state index is 6.28. The molecule has 1 heteroatoms. The van der Waals surface area contributed by atoms with Gasteiger partial charge in [-0.05, 0) is 106 Å². The molecule has 4 saturated carbocycles. The summed E-state index contributed by atoms with van der Waals surface area (Å²) in [5.41, 5.74) is 8.24. The fourth-order valence-electron chi connectivity index (χ4n) is 7.87. The Hall–Kier alpha value is -0.300. The van der Waals surface area contributed by atoms with Crippen molar-refractivity contribution in [3.05, 3.63) is 11.6 Å². The lowest BCUT2D eigenvalue weighted by Gasteiger charge is -2.54. The van der Waals surface area contributed by atoms with E-state index >= 15 is 0 Å². The number of allylic oxidation sites excluding steroid dienone is 2. The van der Waals surface area contributed by atoms with Crippen LogP contribution in [-0.4, -0.2) is 6.04 Å². The third-order valence-corrected chi connectivity index (χ3v) is 8.81. The van der Waals surface area contributed by atoms with Gasteiger partial charge < -0.3 is 5.73 Å². The van der Waals surface area contributed by atoms with Gasteiger partial charge in [0.1, 0.15) is 0 Å². The molecule has 8 atom stereocenters. The molecule has 0 saturated heterocycles. The molecule has 128 valence electrons. The van der Waals surface area contributed by atoms with Crippen LogP contribution in [0.5, 0.6) is 0 Å². The van der Waals surface area contributed by atoms with E-state index in [0.717, 1.165) is 41.4 Å². The first-order valence-corrected chi connectivity index (χ1v) is 10.8. The highest BCUT2D eigenvalue weighted by Gasteiger charge is 2.49. The summed E-state index contributed by atoms with van der Waals surface area (Å²) in [5, 5.41) is 0. The third-order valence-electron chi connectivity index (χ3n) is 8.81. The van der Waals surface area contributed by atoms with Crippen molar-refractivity contribution >= 4 is 0 Å². The van der Waals surface area contributed by atoms with Crippen LogP contribution in [0, 0.1) is 41.4 Å². The molecule has 5 aliphatic rings. The van der Waals surface area contributed by atoms with Crippen LogP contribution >= 0.6 is 0 Å². The van der Waals surface area contributed by atoms with Gasteiger partial charge in [0.25, 0.3) is 0 Å². The van der Waals surface area contributed by atoms with Gasteiger partial charge in [0, 0.05) is 6.04 Å². The van der Waals surface area contributed by atoms with Crippen molar-refractivity contribution in [3.63, 3.8) is 0 Å². The summed E-state index contributed by atoms with van der Waals surface area (Å²) in [6.07, 6.45) is 20.5. The Morgan fingerprint density at radius 3 is 2.48 bits per heavy atom. The van der Waals surface area contributed by atoms with E-state index in [-0.39, 0.29) is 0 Å². The van der Waals surface area contributed by atoms with Gasteiger partial charge in [-0.1, -0.05) is 24.5 Å². The summed E-state index contributed by atoms with van der Waals surface area (Å²) in [5.74, 6) is 7.12. The highest BCUT2D eigenvalue weighted by molar-refractivity contribution is 5.22. The Labute approximate surface area is 142 Å². The minimum Gasteiger partial charge on any atom is -0.328 e. The van der Waals surface area contributed by atoms with Gasteiger partial charge in [0.05, 0.1) is 0 Å². The van der Waals surface area contributed by atoms with Crippen LogP contribution in [-0.2, 0) is 0 Å². The normalized spacial score (nSPS) is 52.5. The molecule has 1 nitrogen and oxygen atoms in total. The van der Waals surface area contributed by atoms with E-state index in [4.69, 9.17) is 5.73 Å². The predicted octanol–water partition coefficient (Wildman–Crippen LogP) is 5.30. The maximum atomic E-state index is 6.28. The van der Waals surface area contributed by atoms with Crippen LogP contribution in [0.1, 0.15) is 77.0 Å². The van der Waals surface area contributed by atoms with Crippen molar-refractivity contribution in [2.45, 2.75) is 83.1 Å². The van der Waals surface area contributed by atoms with Gasteiger partial charge in [-0.15, -0.1) is 0 Å². The molecule has 8 unspecified atom stereocenters. The topological polar surface area (TPSA) is 26.0 Å². The molecule has 0 aromatic rings. The Bertz CT molecular complexity index is 480. The molecule has 0 aromatic carbocycles. The zero-order valence-electron chi connectivity index (χ0n) is 14.8. The average molecular weight is 314 g/mol. The number of rotatable bonds is 0. The van der Waals surface area contributed by atoms with Crippen LogP contribution in [0.3, 0.4) is 0 Å². The molecular formula is C22H35N. The first kappa shape index (κ1) is 15.0. The largest absolute Gasteiger partial charge is 0.328 e. The molecule has 5 aliphatic carbocycles. The van der Waals surface area contributed by atoms with E-state index in [1.165, 1.54) is 70.6 Å². The monoisotopic (exact) mass is 313 g/mol. The number of hydrogen-bond acceptors (Lipinski definition) is 1. The maximum Gasteiger partial charge on any atom is 0.00416 e. The third kappa shape index (κ3) is 2.44. The quantitative estimate of drug-likeness (QED) is 0.603. The van der Waals surface area contributed by atoms with Crippen molar-refractivity contribution in [3.8, 4) is 0 Å². The van der Waals surface area contributed by atoms with E-state index in [0.29, 0.717) is 6.04 Å². The standard InChI is InChI=1S/C22H35N/c23-16-7-10-18-15(13-16)6-9-22-20(18)12-11-19-17-4-2-1-3-14(17)5-8-21(19)22/h11,14-18,20-22H,1-10,12-13,23H2. The molecule has 4 fully saturated rings. The average Bonchev–Trinajstić information content (AvgIpc) is 2.60. The number of nitrogens with two attached hydrogens (primary N) is 1. The summed E-state index contributed by atoms with van der Waals surface area (Å²) < 4.78 is 0. The Morgan fingerprint density at radius 2 is 1.52 bits per heavy atom. The predicted molar refractivity (Wildman–Crippen MR) is 95.9 cm³/mol. The lowest BCUT2D eigenvalue weighted by Crippen LogP contribution is -2.47. The summed E-state index contributed by atoms with van der Waals surface area (Å²) in [6, 6.07) is 0.514. The van der Waals surface area contributed by atoms with Crippen molar-refractivity contribution in [1.82, 2.24) is 0 Å². The van der Waals surface area contributed by atoms with Crippen LogP contribution in [0.25, 0.3) is 0 Å². The van der Waals surface area contributed by atoms with E-state index in [1.54, 1.807) is 6.42 Å². The van der Waals surface area contributed by atoms with Crippen LogP contribution in [0.15, 0.2) is 11.6 Å². The molecule has 5 rings (SSSR count).